The summed E-state index contributed by atoms with van der Waals surface area (Å²) in [6, 6.07) is 16.6. The maximum absolute atomic E-state index is 12.7. The van der Waals surface area contributed by atoms with Crippen molar-refractivity contribution >= 4 is 23.8 Å². The van der Waals surface area contributed by atoms with Crippen LogP contribution in [0.3, 0.4) is 0 Å². The molecule has 0 aromatic heterocycles. The predicted molar refractivity (Wildman–Crippen MR) is 267 cm³/mol. The minimum absolute atomic E-state index is 0.107. The summed E-state index contributed by atoms with van der Waals surface area (Å²) >= 11 is 0. The highest BCUT2D eigenvalue weighted by molar-refractivity contribution is 5.76. The average Bonchev–Trinajstić information content (AvgIpc) is 3.19. The molecule has 2 fully saturated rings. The lowest BCUT2D eigenvalue weighted by Gasteiger charge is -2.56. The van der Waals surface area contributed by atoms with E-state index in [9.17, 15) is 19.2 Å². The summed E-state index contributed by atoms with van der Waals surface area (Å²) in [5.74, 6) is 1.60. The summed E-state index contributed by atoms with van der Waals surface area (Å²) in [5, 5.41) is 7.51. The number of esters is 2. The van der Waals surface area contributed by atoms with Crippen molar-refractivity contribution in [1.29, 1.82) is 0 Å². The van der Waals surface area contributed by atoms with Crippen LogP contribution in [0.5, 0.6) is 11.5 Å². The van der Waals surface area contributed by atoms with Gasteiger partial charge in [-0.2, -0.15) is 0 Å². The van der Waals surface area contributed by atoms with Crippen LogP contribution in [0, 0.1) is 11.8 Å². The van der Waals surface area contributed by atoms with Gasteiger partial charge in [-0.25, -0.2) is 0 Å². The third-order valence-corrected chi connectivity index (χ3v) is 14.3. The zero-order chi connectivity index (χ0) is 50.1. The molecule has 0 aliphatic carbocycles. The number of nitrogens with one attached hydrogen (secondary N) is 2. The van der Waals surface area contributed by atoms with Crippen LogP contribution < -0.4 is 20.1 Å². The van der Waals surface area contributed by atoms with Crippen molar-refractivity contribution < 1.29 is 38.1 Å². The van der Waals surface area contributed by atoms with E-state index >= 15 is 0 Å². The van der Waals surface area contributed by atoms with Crippen molar-refractivity contribution in [3.8, 4) is 11.5 Å². The molecule has 2 aliphatic heterocycles. The van der Waals surface area contributed by atoms with Gasteiger partial charge in [0.05, 0.1) is 0 Å². The SMILES string of the molecule is CCCC(NCC(COc1ccc(C(C)(C)c2ccc(OCC(CNC(CCC)C3CC(C)(C)N(C(C)=O)C(C)(C)C3)OC(C)=O)cc2)cc1)OC(C)=O)C1CC(C)(C)N(C(C)=O)C(C)(C)C1. The molecule has 0 radical (unpaired) electrons. The molecule has 12 heteroatoms. The lowest BCUT2D eigenvalue weighted by Crippen LogP contribution is -2.64. The number of carbonyl (C=O) groups excluding carboxylic acids is 4. The van der Waals surface area contributed by atoms with Gasteiger partial charge in [-0.05, 0) is 141 Å². The minimum Gasteiger partial charge on any atom is -0.490 e. The molecule has 2 heterocycles. The van der Waals surface area contributed by atoms with Gasteiger partial charge in [-0.3, -0.25) is 19.2 Å². The van der Waals surface area contributed by atoms with Crippen molar-refractivity contribution in [1.82, 2.24) is 20.4 Å². The zero-order valence-corrected chi connectivity index (χ0v) is 44.2. The fourth-order valence-electron chi connectivity index (χ4n) is 12.4. The third-order valence-electron chi connectivity index (χ3n) is 14.3. The van der Waals surface area contributed by atoms with Crippen LogP contribution in [-0.4, -0.2) is 106 Å². The van der Waals surface area contributed by atoms with E-state index in [0.29, 0.717) is 36.4 Å². The summed E-state index contributed by atoms with van der Waals surface area (Å²) in [4.78, 5) is 53.9. The highest BCUT2D eigenvalue weighted by Gasteiger charge is 2.49. The molecule has 0 saturated carbocycles. The van der Waals surface area contributed by atoms with Gasteiger partial charge in [0, 0.05) is 80.4 Å². The number of piperidine rings is 2. The quantitative estimate of drug-likeness (QED) is 0.110. The summed E-state index contributed by atoms with van der Waals surface area (Å²) in [6.07, 6.45) is 6.60. The Morgan fingerprint density at radius 3 is 1.12 bits per heavy atom. The first-order chi connectivity index (χ1) is 31.1. The number of hydrogen-bond donors (Lipinski definition) is 2. The summed E-state index contributed by atoms with van der Waals surface area (Å²) < 4.78 is 24.0. The summed E-state index contributed by atoms with van der Waals surface area (Å²) in [5.41, 5.74) is 0.799. The van der Waals surface area contributed by atoms with Crippen LogP contribution >= 0.6 is 0 Å². The molecular weight excluding hydrogens is 845 g/mol. The lowest BCUT2D eigenvalue weighted by molar-refractivity contribution is -0.151. The number of ether oxygens (including phenoxy) is 4. The molecule has 2 saturated heterocycles. The monoisotopic (exact) mass is 933 g/mol. The second-order valence-corrected chi connectivity index (χ2v) is 22.7. The Kier molecular flexibility index (Phi) is 19.0. The number of nitrogens with zero attached hydrogens (tertiary/aromatic N) is 2. The van der Waals surface area contributed by atoms with Crippen molar-refractivity contribution in [2.45, 2.75) is 214 Å². The molecule has 2 aliphatic rings. The van der Waals surface area contributed by atoms with Crippen molar-refractivity contribution in [2.75, 3.05) is 26.3 Å². The Bertz CT molecular complexity index is 1770. The van der Waals surface area contributed by atoms with E-state index in [1.54, 1.807) is 13.8 Å². The van der Waals surface area contributed by atoms with Gasteiger partial charge in [0.2, 0.25) is 11.8 Å². The molecule has 4 rings (SSSR count). The van der Waals surface area contributed by atoms with Crippen LogP contribution in [0.4, 0.5) is 0 Å². The number of hydrogen-bond acceptors (Lipinski definition) is 10. The van der Waals surface area contributed by atoms with Gasteiger partial charge in [0.1, 0.15) is 36.9 Å². The molecule has 12 nitrogen and oxygen atoms in total. The molecular formula is C55H88N4O8. The Labute approximate surface area is 404 Å². The van der Waals surface area contributed by atoms with Crippen molar-refractivity contribution in [3.63, 3.8) is 0 Å². The van der Waals surface area contributed by atoms with Crippen LogP contribution in [0.2, 0.25) is 0 Å². The second-order valence-electron chi connectivity index (χ2n) is 22.7. The van der Waals surface area contributed by atoms with E-state index in [4.69, 9.17) is 18.9 Å². The number of benzene rings is 2. The molecule has 376 valence electrons. The Morgan fingerprint density at radius 2 is 0.866 bits per heavy atom. The minimum atomic E-state index is -0.478. The largest absolute Gasteiger partial charge is 0.490 e. The topological polar surface area (TPSA) is 136 Å². The maximum Gasteiger partial charge on any atom is 0.303 e. The molecule has 2 aromatic carbocycles. The second kappa shape index (κ2) is 23.0. The molecule has 0 spiro atoms. The van der Waals surface area contributed by atoms with Gasteiger partial charge in [-0.15, -0.1) is 0 Å². The van der Waals surface area contributed by atoms with Gasteiger partial charge >= 0.3 is 11.9 Å². The first-order valence-electron chi connectivity index (χ1n) is 25.0. The van der Waals surface area contributed by atoms with Gasteiger partial charge in [0.25, 0.3) is 0 Å². The van der Waals surface area contributed by atoms with Gasteiger partial charge in [-0.1, -0.05) is 64.8 Å². The summed E-state index contributed by atoms with van der Waals surface area (Å²) in [7, 11) is 0. The molecule has 4 unspecified atom stereocenters. The molecule has 2 aromatic rings. The van der Waals surface area contributed by atoms with E-state index in [1.165, 1.54) is 13.8 Å². The highest BCUT2D eigenvalue weighted by Crippen LogP contribution is 2.45. The Morgan fingerprint density at radius 1 is 0.567 bits per heavy atom. The highest BCUT2D eigenvalue weighted by atomic mass is 16.6. The number of amides is 2. The number of rotatable bonds is 22. The van der Waals surface area contributed by atoms with E-state index < -0.39 is 12.2 Å². The van der Waals surface area contributed by atoms with Gasteiger partial charge < -0.3 is 39.4 Å². The molecule has 2 N–H and O–H groups in total. The Hall–Kier alpha value is -4.16. The number of likely N-dealkylation sites (tertiary alicyclic amines) is 2. The third kappa shape index (κ3) is 14.9. The molecule has 2 amide bonds. The van der Waals surface area contributed by atoms with Gasteiger partial charge in [0.15, 0.2) is 0 Å². The lowest BCUT2D eigenvalue weighted by atomic mass is 9.70. The average molecular weight is 933 g/mol. The first kappa shape index (κ1) is 55.4. The zero-order valence-electron chi connectivity index (χ0n) is 44.2. The van der Waals surface area contributed by atoms with Crippen LogP contribution in [0.1, 0.15) is 173 Å². The smallest absolute Gasteiger partial charge is 0.303 e. The number of carbonyl (C=O) groups is 4. The first-order valence-corrected chi connectivity index (χ1v) is 25.0. The normalized spacial score (nSPS) is 20.0. The molecule has 67 heavy (non-hydrogen) atoms. The predicted octanol–water partition coefficient (Wildman–Crippen LogP) is 9.78. The molecule has 4 atom stereocenters. The van der Waals surface area contributed by atoms with E-state index in [0.717, 1.165) is 62.5 Å². The van der Waals surface area contributed by atoms with Crippen molar-refractivity contribution in [2.24, 2.45) is 11.8 Å². The van der Waals surface area contributed by atoms with E-state index in [-0.39, 0.29) is 76.6 Å². The standard InChI is InChI=1S/C55H88N4O8/c1-17-19-49(41-29-51(7,8)58(37(3)60)52(9,10)30-41)56-33-47(66-39(5)62)35-64-45-25-21-43(22-26-45)55(15,16)44-23-27-46(28-24-44)65-36-48(67-40(6)63)34-57-50(20-18-2)42-31-53(11,12)59(38(4)61)54(13,14)32-42/h21-28,41-42,47-50,56-57H,17-20,29-36H2,1-16H3. The summed E-state index contributed by atoms with van der Waals surface area (Å²) in [6.45, 7) is 33.6. The van der Waals surface area contributed by atoms with E-state index in [2.05, 4.69) is 118 Å². The van der Waals surface area contributed by atoms with Crippen molar-refractivity contribution in [3.05, 3.63) is 59.7 Å². The van der Waals surface area contributed by atoms with Crippen LogP contribution in [0.15, 0.2) is 48.5 Å². The van der Waals surface area contributed by atoms with E-state index in [1.807, 2.05) is 34.1 Å². The maximum atomic E-state index is 12.7. The fraction of sp³-hybridized carbons (Fsp3) is 0.709. The van der Waals surface area contributed by atoms with Crippen LogP contribution in [-0.2, 0) is 34.1 Å². The Balaban J connectivity index is 1.35. The molecule has 0 bridgehead atoms. The van der Waals surface area contributed by atoms with Crippen LogP contribution in [0.25, 0.3) is 0 Å². The fourth-order valence-corrected chi connectivity index (χ4v) is 12.4.